The number of ether oxygens (including phenoxy) is 1. The third-order valence-electron chi connectivity index (χ3n) is 3.65. The molecule has 0 spiro atoms. The number of benzene rings is 2. The maximum atomic E-state index is 12.2. The number of halogens is 3. The van der Waals surface area contributed by atoms with Crippen molar-refractivity contribution in [2.24, 2.45) is 0 Å². The van der Waals surface area contributed by atoms with Crippen LogP contribution in [0.4, 0.5) is 14.5 Å². The Bertz CT molecular complexity index is 681. The van der Waals surface area contributed by atoms with Gasteiger partial charge in [0.25, 0.3) is 0 Å². The summed E-state index contributed by atoms with van der Waals surface area (Å²) in [4.78, 5) is 12.2. The number of carbonyl (C=O) groups excluding carboxylic acids is 1. The number of amides is 1. The van der Waals surface area contributed by atoms with E-state index in [1.165, 1.54) is 12.1 Å². The maximum Gasteiger partial charge on any atom is 0.387 e. The maximum absolute atomic E-state index is 12.2. The van der Waals surface area contributed by atoms with E-state index >= 15 is 0 Å². The fourth-order valence-electron chi connectivity index (χ4n) is 2.36. The summed E-state index contributed by atoms with van der Waals surface area (Å²) in [5.74, 6) is 0.0254. The minimum atomic E-state index is -2.83. The van der Waals surface area contributed by atoms with Gasteiger partial charge in [-0.25, -0.2) is 0 Å². The van der Waals surface area contributed by atoms with Gasteiger partial charge < -0.3 is 15.4 Å². The van der Waals surface area contributed by atoms with Gasteiger partial charge in [-0.15, -0.1) is 12.4 Å². The topological polar surface area (TPSA) is 50.4 Å². The Labute approximate surface area is 158 Å². The highest BCUT2D eigenvalue weighted by Gasteiger charge is 2.08. The normalized spacial score (nSPS) is 10.3. The molecule has 142 valence electrons. The number of rotatable bonds is 9. The molecule has 0 aliphatic heterocycles. The minimum absolute atomic E-state index is 0. The van der Waals surface area contributed by atoms with Crippen molar-refractivity contribution in [2.45, 2.75) is 32.9 Å². The predicted molar refractivity (Wildman–Crippen MR) is 101 cm³/mol. The van der Waals surface area contributed by atoms with Gasteiger partial charge in [-0.1, -0.05) is 37.3 Å². The van der Waals surface area contributed by atoms with Crippen LogP contribution in [0.3, 0.4) is 0 Å². The van der Waals surface area contributed by atoms with Gasteiger partial charge in [0.2, 0.25) is 5.91 Å². The summed E-state index contributed by atoms with van der Waals surface area (Å²) in [5, 5.41) is 6.16. The van der Waals surface area contributed by atoms with E-state index in [-0.39, 0.29) is 24.1 Å². The minimum Gasteiger partial charge on any atom is -0.435 e. The van der Waals surface area contributed by atoms with Crippen molar-refractivity contribution in [3.8, 4) is 5.75 Å². The molecule has 26 heavy (non-hydrogen) atoms. The number of para-hydroxylation sites is 1. The average molecular weight is 385 g/mol. The van der Waals surface area contributed by atoms with Crippen molar-refractivity contribution in [1.82, 2.24) is 5.32 Å². The van der Waals surface area contributed by atoms with Gasteiger partial charge in [-0.3, -0.25) is 4.79 Å². The summed E-state index contributed by atoms with van der Waals surface area (Å²) in [6.07, 6.45) is 0.834. The first kappa shape index (κ1) is 21.9. The van der Waals surface area contributed by atoms with Crippen LogP contribution in [0.1, 0.15) is 24.5 Å². The third kappa shape index (κ3) is 7.37. The molecule has 0 fully saturated rings. The zero-order valence-corrected chi connectivity index (χ0v) is 15.3. The highest BCUT2D eigenvalue weighted by molar-refractivity contribution is 5.91. The molecule has 2 N–H and O–H groups in total. The molecule has 0 saturated carbocycles. The van der Waals surface area contributed by atoms with Crippen molar-refractivity contribution < 1.29 is 18.3 Å². The molecule has 4 nitrogen and oxygen atoms in total. The lowest BCUT2D eigenvalue weighted by Crippen LogP contribution is -2.17. The lowest BCUT2D eigenvalue weighted by atomic mass is 10.1. The lowest BCUT2D eigenvalue weighted by molar-refractivity contribution is -0.116. The number of nitrogens with one attached hydrogen (secondary N) is 2. The van der Waals surface area contributed by atoms with Gasteiger partial charge in [0.15, 0.2) is 0 Å². The van der Waals surface area contributed by atoms with Crippen molar-refractivity contribution in [1.29, 1.82) is 0 Å². The number of anilines is 1. The van der Waals surface area contributed by atoms with Crippen LogP contribution >= 0.6 is 12.4 Å². The molecule has 0 radical (unpaired) electrons. The zero-order chi connectivity index (χ0) is 18.1. The molecule has 0 aromatic heterocycles. The van der Waals surface area contributed by atoms with Crippen LogP contribution in [-0.2, 0) is 17.8 Å². The van der Waals surface area contributed by atoms with E-state index in [0.717, 1.165) is 23.4 Å². The largest absolute Gasteiger partial charge is 0.435 e. The predicted octanol–water partition coefficient (Wildman–Crippen LogP) is 4.39. The van der Waals surface area contributed by atoms with Crippen molar-refractivity contribution in [3.63, 3.8) is 0 Å². The van der Waals surface area contributed by atoms with E-state index in [0.29, 0.717) is 19.4 Å². The molecule has 7 heteroatoms. The Balaban J connectivity index is 0.00000338. The van der Waals surface area contributed by atoms with Gasteiger partial charge in [-0.05, 0) is 42.3 Å². The SMILES string of the molecule is CCNCc1ccccc1NC(=O)CCc1ccc(OC(F)F)cc1.Cl. The monoisotopic (exact) mass is 384 g/mol. The number of aryl methyl sites for hydroxylation is 1. The van der Waals surface area contributed by atoms with Crippen molar-refractivity contribution >= 4 is 24.0 Å². The molecule has 2 rings (SSSR count). The fraction of sp³-hybridized carbons (Fsp3) is 0.316. The Kier molecular flexibility index (Phi) is 9.62. The molecule has 0 saturated heterocycles. The lowest BCUT2D eigenvalue weighted by Gasteiger charge is -2.11. The Hall–Kier alpha value is -2.18. The molecular formula is C19H23ClF2N2O2. The van der Waals surface area contributed by atoms with Crippen LogP contribution in [-0.4, -0.2) is 19.1 Å². The molecule has 0 aliphatic carbocycles. The van der Waals surface area contributed by atoms with E-state index in [1.807, 2.05) is 31.2 Å². The molecular weight excluding hydrogens is 362 g/mol. The highest BCUT2D eigenvalue weighted by atomic mass is 35.5. The van der Waals surface area contributed by atoms with Gasteiger partial charge in [0.1, 0.15) is 5.75 Å². The first-order chi connectivity index (χ1) is 12.1. The second kappa shape index (κ2) is 11.4. The van der Waals surface area contributed by atoms with Crippen LogP contribution in [0.25, 0.3) is 0 Å². The molecule has 2 aromatic carbocycles. The summed E-state index contributed by atoms with van der Waals surface area (Å²) < 4.78 is 28.5. The molecule has 0 unspecified atom stereocenters. The van der Waals surface area contributed by atoms with E-state index in [1.54, 1.807) is 12.1 Å². The Morgan fingerprint density at radius 1 is 1.12 bits per heavy atom. The molecule has 0 heterocycles. The first-order valence-corrected chi connectivity index (χ1v) is 8.20. The third-order valence-corrected chi connectivity index (χ3v) is 3.65. The summed E-state index contributed by atoms with van der Waals surface area (Å²) in [5.41, 5.74) is 2.72. The fourth-order valence-corrected chi connectivity index (χ4v) is 2.36. The van der Waals surface area contributed by atoms with Gasteiger partial charge in [0.05, 0.1) is 0 Å². The van der Waals surface area contributed by atoms with Crippen LogP contribution in [0.15, 0.2) is 48.5 Å². The molecule has 2 aromatic rings. The van der Waals surface area contributed by atoms with Gasteiger partial charge in [-0.2, -0.15) is 8.78 Å². The van der Waals surface area contributed by atoms with E-state index < -0.39 is 6.61 Å². The van der Waals surface area contributed by atoms with Crippen LogP contribution in [0, 0.1) is 0 Å². The number of hydrogen-bond acceptors (Lipinski definition) is 3. The van der Waals surface area contributed by atoms with Crippen LogP contribution in [0.5, 0.6) is 5.75 Å². The van der Waals surface area contributed by atoms with Crippen molar-refractivity contribution in [2.75, 3.05) is 11.9 Å². The van der Waals surface area contributed by atoms with E-state index in [4.69, 9.17) is 0 Å². The second-order valence-corrected chi connectivity index (χ2v) is 5.51. The number of hydrogen-bond donors (Lipinski definition) is 2. The van der Waals surface area contributed by atoms with E-state index in [2.05, 4.69) is 15.4 Å². The Morgan fingerprint density at radius 3 is 2.46 bits per heavy atom. The zero-order valence-electron chi connectivity index (χ0n) is 14.5. The molecule has 0 aliphatic rings. The molecule has 0 bridgehead atoms. The summed E-state index contributed by atoms with van der Waals surface area (Å²) in [6.45, 7) is 0.740. The second-order valence-electron chi connectivity index (χ2n) is 5.51. The Morgan fingerprint density at radius 2 is 1.81 bits per heavy atom. The highest BCUT2D eigenvalue weighted by Crippen LogP contribution is 2.17. The van der Waals surface area contributed by atoms with Crippen LogP contribution < -0.4 is 15.4 Å². The van der Waals surface area contributed by atoms with E-state index in [9.17, 15) is 13.6 Å². The summed E-state index contributed by atoms with van der Waals surface area (Å²) >= 11 is 0. The van der Waals surface area contributed by atoms with Gasteiger partial charge in [0, 0.05) is 18.7 Å². The summed E-state index contributed by atoms with van der Waals surface area (Å²) in [7, 11) is 0. The quantitative estimate of drug-likeness (QED) is 0.674. The first-order valence-electron chi connectivity index (χ1n) is 8.20. The summed E-state index contributed by atoms with van der Waals surface area (Å²) in [6, 6.07) is 14.0. The molecule has 0 atom stereocenters. The smallest absolute Gasteiger partial charge is 0.387 e. The van der Waals surface area contributed by atoms with Gasteiger partial charge >= 0.3 is 6.61 Å². The van der Waals surface area contributed by atoms with Crippen LogP contribution in [0.2, 0.25) is 0 Å². The average Bonchev–Trinajstić information content (AvgIpc) is 2.60. The standard InChI is InChI=1S/C19H22F2N2O2.ClH/c1-2-22-13-15-5-3-4-6-17(15)23-18(24)12-9-14-7-10-16(11-8-14)25-19(20)21;/h3-8,10-11,19,22H,2,9,12-13H2,1H3,(H,23,24);1H. The van der Waals surface area contributed by atoms with Crippen molar-refractivity contribution in [3.05, 3.63) is 59.7 Å². The number of carbonyl (C=O) groups is 1. The molecule has 1 amide bonds. The number of alkyl halides is 2.